The molecule has 92 valence electrons. The second-order valence-corrected chi connectivity index (χ2v) is 3.67. The molecule has 0 aromatic heterocycles. The predicted octanol–water partition coefficient (Wildman–Crippen LogP) is 0.740. The standard InChI is InChI=1S/C12H16N2O3/c13-7-1-2-11(15)14-8-9-3-5-10(6-4-9)12(16)17/h3-6H,1-2,7-8,13H2,(H,14,15)(H,16,17). The second kappa shape index (κ2) is 6.65. The van der Waals surface area contributed by atoms with Crippen LogP contribution in [0.25, 0.3) is 0 Å². The van der Waals surface area contributed by atoms with Crippen molar-refractivity contribution in [1.29, 1.82) is 0 Å². The number of carbonyl (C=O) groups excluding carboxylic acids is 1. The Hall–Kier alpha value is -1.88. The third kappa shape index (κ3) is 4.65. The lowest BCUT2D eigenvalue weighted by Gasteiger charge is -2.05. The number of carboxylic acid groups (broad SMARTS) is 1. The maximum atomic E-state index is 11.3. The number of carbonyl (C=O) groups is 2. The van der Waals surface area contributed by atoms with Crippen LogP contribution in [0.4, 0.5) is 0 Å². The number of hydrogen-bond donors (Lipinski definition) is 3. The zero-order chi connectivity index (χ0) is 12.7. The van der Waals surface area contributed by atoms with Crippen molar-refractivity contribution in [2.75, 3.05) is 6.54 Å². The van der Waals surface area contributed by atoms with Gasteiger partial charge in [0.2, 0.25) is 5.91 Å². The number of nitrogens with one attached hydrogen (secondary N) is 1. The summed E-state index contributed by atoms with van der Waals surface area (Å²) in [4.78, 5) is 21.9. The van der Waals surface area contributed by atoms with Gasteiger partial charge in [-0.05, 0) is 30.7 Å². The molecule has 17 heavy (non-hydrogen) atoms. The molecule has 5 nitrogen and oxygen atoms in total. The Morgan fingerprint density at radius 1 is 1.24 bits per heavy atom. The van der Waals surface area contributed by atoms with Crippen molar-refractivity contribution in [1.82, 2.24) is 5.32 Å². The predicted molar refractivity (Wildman–Crippen MR) is 63.5 cm³/mol. The number of amides is 1. The van der Waals surface area contributed by atoms with Gasteiger partial charge in [-0.2, -0.15) is 0 Å². The number of nitrogens with two attached hydrogens (primary N) is 1. The molecule has 1 amide bonds. The lowest BCUT2D eigenvalue weighted by Crippen LogP contribution is -2.23. The van der Waals surface area contributed by atoms with Crippen molar-refractivity contribution < 1.29 is 14.7 Å². The van der Waals surface area contributed by atoms with Gasteiger partial charge in [0.25, 0.3) is 0 Å². The number of benzene rings is 1. The largest absolute Gasteiger partial charge is 0.478 e. The summed E-state index contributed by atoms with van der Waals surface area (Å²) in [6.45, 7) is 0.907. The van der Waals surface area contributed by atoms with E-state index in [9.17, 15) is 9.59 Å². The summed E-state index contributed by atoms with van der Waals surface area (Å²) in [5.41, 5.74) is 6.40. The molecule has 0 aliphatic heterocycles. The summed E-state index contributed by atoms with van der Waals surface area (Å²) >= 11 is 0. The summed E-state index contributed by atoms with van der Waals surface area (Å²) in [5, 5.41) is 11.4. The molecule has 0 atom stereocenters. The minimum atomic E-state index is -0.955. The van der Waals surface area contributed by atoms with E-state index >= 15 is 0 Å². The first kappa shape index (κ1) is 13.2. The fourth-order valence-electron chi connectivity index (χ4n) is 1.32. The molecule has 0 radical (unpaired) electrons. The summed E-state index contributed by atoms with van der Waals surface area (Å²) in [7, 11) is 0. The van der Waals surface area contributed by atoms with Crippen LogP contribution in [0.15, 0.2) is 24.3 Å². The van der Waals surface area contributed by atoms with Crippen LogP contribution in [0.2, 0.25) is 0 Å². The quantitative estimate of drug-likeness (QED) is 0.679. The monoisotopic (exact) mass is 236 g/mol. The van der Waals surface area contributed by atoms with Crippen LogP contribution in [0.1, 0.15) is 28.8 Å². The van der Waals surface area contributed by atoms with Gasteiger partial charge in [-0.15, -0.1) is 0 Å². The summed E-state index contributed by atoms with van der Waals surface area (Å²) in [5.74, 6) is -0.999. The minimum absolute atomic E-state index is 0.0437. The number of carboxylic acids is 1. The maximum absolute atomic E-state index is 11.3. The van der Waals surface area contributed by atoms with Gasteiger partial charge in [0, 0.05) is 13.0 Å². The average molecular weight is 236 g/mol. The molecule has 0 saturated carbocycles. The van der Waals surface area contributed by atoms with Crippen LogP contribution in [0, 0.1) is 0 Å². The number of rotatable bonds is 6. The number of aromatic carboxylic acids is 1. The van der Waals surface area contributed by atoms with E-state index in [-0.39, 0.29) is 11.5 Å². The van der Waals surface area contributed by atoms with Crippen molar-refractivity contribution in [3.8, 4) is 0 Å². The highest BCUT2D eigenvalue weighted by Crippen LogP contribution is 2.04. The third-order valence-electron chi connectivity index (χ3n) is 2.30. The zero-order valence-corrected chi connectivity index (χ0v) is 9.48. The summed E-state index contributed by atoms with van der Waals surface area (Å²) in [6, 6.07) is 6.41. The Balaban J connectivity index is 2.42. The summed E-state index contributed by atoms with van der Waals surface area (Å²) < 4.78 is 0. The van der Waals surface area contributed by atoms with E-state index in [1.54, 1.807) is 12.1 Å². The average Bonchev–Trinajstić information content (AvgIpc) is 2.34. The molecular formula is C12H16N2O3. The van der Waals surface area contributed by atoms with E-state index in [0.29, 0.717) is 25.9 Å². The molecular weight excluding hydrogens is 220 g/mol. The van der Waals surface area contributed by atoms with Crippen LogP contribution in [0.3, 0.4) is 0 Å². The van der Waals surface area contributed by atoms with Crippen LogP contribution >= 0.6 is 0 Å². The van der Waals surface area contributed by atoms with Gasteiger partial charge in [0.1, 0.15) is 0 Å². The van der Waals surface area contributed by atoms with Gasteiger partial charge < -0.3 is 16.2 Å². The molecule has 0 saturated heterocycles. The molecule has 0 heterocycles. The van der Waals surface area contributed by atoms with Crippen molar-refractivity contribution in [2.45, 2.75) is 19.4 Å². The van der Waals surface area contributed by atoms with Crippen LogP contribution in [0.5, 0.6) is 0 Å². The van der Waals surface area contributed by atoms with E-state index in [2.05, 4.69) is 5.32 Å². The van der Waals surface area contributed by atoms with Crippen molar-refractivity contribution in [3.63, 3.8) is 0 Å². The molecule has 0 fully saturated rings. The van der Waals surface area contributed by atoms with Gasteiger partial charge in [-0.3, -0.25) is 4.79 Å². The molecule has 1 aromatic carbocycles. The van der Waals surface area contributed by atoms with E-state index < -0.39 is 5.97 Å². The molecule has 5 heteroatoms. The van der Waals surface area contributed by atoms with Crippen molar-refractivity contribution in [3.05, 3.63) is 35.4 Å². The first-order chi connectivity index (χ1) is 8.13. The Morgan fingerprint density at radius 3 is 2.41 bits per heavy atom. The van der Waals surface area contributed by atoms with E-state index in [1.165, 1.54) is 12.1 Å². The van der Waals surface area contributed by atoms with Gasteiger partial charge in [-0.25, -0.2) is 4.79 Å². The fourth-order valence-corrected chi connectivity index (χ4v) is 1.32. The molecule has 1 rings (SSSR count). The lowest BCUT2D eigenvalue weighted by molar-refractivity contribution is -0.121. The fraction of sp³-hybridized carbons (Fsp3) is 0.333. The van der Waals surface area contributed by atoms with Crippen LogP contribution in [-0.4, -0.2) is 23.5 Å². The highest BCUT2D eigenvalue weighted by atomic mass is 16.4. The van der Waals surface area contributed by atoms with E-state index in [1.807, 2.05) is 0 Å². The Labute approximate surface area is 99.6 Å². The molecule has 1 aromatic rings. The van der Waals surface area contributed by atoms with Crippen LogP contribution in [-0.2, 0) is 11.3 Å². The lowest BCUT2D eigenvalue weighted by atomic mass is 10.1. The highest BCUT2D eigenvalue weighted by molar-refractivity contribution is 5.87. The molecule has 4 N–H and O–H groups in total. The second-order valence-electron chi connectivity index (χ2n) is 3.67. The van der Waals surface area contributed by atoms with Gasteiger partial charge >= 0.3 is 5.97 Å². The van der Waals surface area contributed by atoms with E-state index in [4.69, 9.17) is 10.8 Å². The maximum Gasteiger partial charge on any atom is 0.335 e. The Morgan fingerprint density at radius 2 is 1.88 bits per heavy atom. The number of hydrogen-bond acceptors (Lipinski definition) is 3. The molecule has 0 aliphatic carbocycles. The zero-order valence-electron chi connectivity index (χ0n) is 9.48. The van der Waals surface area contributed by atoms with Gasteiger partial charge in [0.05, 0.1) is 5.56 Å². The Kier molecular flexibility index (Phi) is 5.16. The first-order valence-electron chi connectivity index (χ1n) is 5.42. The minimum Gasteiger partial charge on any atom is -0.478 e. The summed E-state index contributed by atoms with van der Waals surface area (Å²) in [6.07, 6.45) is 1.09. The van der Waals surface area contributed by atoms with Gasteiger partial charge in [-0.1, -0.05) is 12.1 Å². The highest BCUT2D eigenvalue weighted by Gasteiger charge is 2.03. The van der Waals surface area contributed by atoms with Crippen molar-refractivity contribution in [2.24, 2.45) is 5.73 Å². The normalized spacial score (nSPS) is 9.94. The first-order valence-corrected chi connectivity index (χ1v) is 5.42. The Bertz CT molecular complexity index is 387. The molecule has 0 spiro atoms. The molecule has 0 aliphatic rings. The molecule has 0 bridgehead atoms. The SMILES string of the molecule is NCCCC(=O)NCc1ccc(C(=O)O)cc1. The molecule has 0 unspecified atom stereocenters. The smallest absolute Gasteiger partial charge is 0.335 e. The van der Waals surface area contributed by atoms with Gasteiger partial charge in [0.15, 0.2) is 0 Å². The van der Waals surface area contributed by atoms with Crippen molar-refractivity contribution >= 4 is 11.9 Å². The topological polar surface area (TPSA) is 92.4 Å². The third-order valence-corrected chi connectivity index (χ3v) is 2.30. The van der Waals surface area contributed by atoms with Crippen LogP contribution < -0.4 is 11.1 Å². The van der Waals surface area contributed by atoms with E-state index in [0.717, 1.165) is 5.56 Å².